The van der Waals surface area contributed by atoms with Gasteiger partial charge in [-0.05, 0) is 68.6 Å². The Kier molecular flexibility index (Phi) is 6.34. The number of benzene rings is 2. The average molecular weight is 486 g/mol. The molecule has 0 fully saturated rings. The summed E-state index contributed by atoms with van der Waals surface area (Å²) in [5.41, 5.74) is 3.26. The van der Waals surface area contributed by atoms with Crippen molar-refractivity contribution in [2.45, 2.75) is 23.6 Å². The van der Waals surface area contributed by atoms with E-state index in [1.165, 1.54) is 36.0 Å². The topological polar surface area (TPSA) is 110 Å². The zero-order chi connectivity index (χ0) is 23.6. The van der Waals surface area contributed by atoms with Crippen LogP contribution in [0.2, 0.25) is 0 Å². The number of thioether (sulfide) groups is 1. The molecule has 0 aliphatic rings. The van der Waals surface area contributed by atoms with Crippen LogP contribution in [0.15, 0.2) is 69.0 Å². The van der Waals surface area contributed by atoms with Crippen LogP contribution in [0.3, 0.4) is 0 Å². The Balaban J connectivity index is 1.53. The quantitative estimate of drug-likeness (QED) is 0.346. The van der Waals surface area contributed by atoms with Gasteiger partial charge in [-0.25, -0.2) is 27.5 Å². The fourth-order valence-electron chi connectivity index (χ4n) is 2.98. The van der Waals surface area contributed by atoms with Gasteiger partial charge in [-0.1, -0.05) is 5.16 Å². The van der Waals surface area contributed by atoms with Crippen molar-refractivity contribution in [1.82, 2.24) is 15.1 Å². The molecule has 8 nitrogen and oxygen atoms in total. The molecule has 2 aromatic carbocycles. The highest BCUT2D eigenvalue weighted by molar-refractivity contribution is 7.98. The second-order valence-corrected chi connectivity index (χ2v) is 9.62. The van der Waals surface area contributed by atoms with E-state index in [0.29, 0.717) is 28.6 Å². The Morgan fingerprint density at radius 2 is 1.82 bits per heavy atom. The molecule has 0 aliphatic heterocycles. The molecule has 0 atom stereocenters. The molecule has 2 aromatic heterocycles. The van der Waals surface area contributed by atoms with Crippen LogP contribution in [0.4, 0.5) is 21.9 Å². The van der Waals surface area contributed by atoms with Gasteiger partial charge in [0.15, 0.2) is 0 Å². The van der Waals surface area contributed by atoms with Gasteiger partial charge in [0.1, 0.15) is 5.82 Å². The number of nitrogens with one attached hydrogen (secondary N) is 2. The van der Waals surface area contributed by atoms with Gasteiger partial charge in [-0.2, -0.15) is 0 Å². The molecule has 0 saturated carbocycles. The molecule has 4 aromatic rings. The molecular weight excluding hydrogens is 465 g/mol. The normalized spacial score (nSPS) is 11.4. The second kappa shape index (κ2) is 9.20. The molecule has 170 valence electrons. The third-order valence-electron chi connectivity index (χ3n) is 4.90. The minimum Gasteiger partial charge on any atom is -0.337 e. The van der Waals surface area contributed by atoms with E-state index in [1.54, 1.807) is 44.3 Å². The van der Waals surface area contributed by atoms with Crippen LogP contribution < -0.4 is 10.0 Å². The van der Waals surface area contributed by atoms with Crippen molar-refractivity contribution in [2.24, 2.45) is 0 Å². The molecule has 2 heterocycles. The number of anilines is 3. The van der Waals surface area contributed by atoms with Crippen molar-refractivity contribution in [3.05, 3.63) is 71.8 Å². The van der Waals surface area contributed by atoms with Gasteiger partial charge in [-0.15, -0.1) is 11.8 Å². The monoisotopic (exact) mass is 485 g/mol. The van der Waals surface area contributed by atoms with Gasteiger partial charge in [0, 0.05) is 27.9 Å². The molecule has 0 saturated heterocycles. The lowest BCUT2D eigenvalue weighted by atomic mass is 10.1. The van der Waals surface area contributed by atoms with Crippen molar-refractivity contribution in [3.8, 4) is 11.3 Å². The first-order chi connectivity index (χ1) is 15.8. The van der Waals surface area contributed by atoms with E-state index >= 15 is 0 Å². The Hall–Kier alpha value is -3.44. The maximum absolute atomic E-state index is 13.6. The molecular formula is C22H20FN5O3S2. The first kappa shape index (κ1) is 22.7. The van der Waals surface area contributed by atoms with Gasteiger partial charge in [-0.3, -0.25) is 0 Å². The largest absolute Gasteiger partial charge is 0.337 e. The summed E-state index contributed by atoms with van der Waals surface area (Å²) in [6.07, 6.45) is 3.47. The predicted molar refractivity (Wildman–Crippen MR) is 126 cm³/mol. The highest BCUT2D eigenvalue weighted by atomic mass is 32.2. The highest BCUT2D eigenvalue weighted by Gasteiger charge is 2.19. The third kappa shape index (κ3) is 4.99. The lowest BCUT2D eigenvalue weighted by Gasteiger charge is -2.10. The van der Waals surface area contributed by atoms with E-state index in [1.807, 2.05) is 6.26 Å². The van der Waals surface area contributed by atoms with Crippen LogP contribution in [0.5, 0.6) is 0 Å². The number of hydrogen-bond donors (Lipinski definition) is 2. The number of nitrogens with zero attached hydrogens (tertiary/aromatic N) is 3. The molecule has 0 unspecified atom stereocenters. The van der Waals surface area contributed by atoms with Gasteiger partial charge in [0.05, 0.1) is 16.3 Å². The van der Waals surface area contributed by atoms with E-state index in [0.717, 1.165) is 10.5 Å². The molecule has 4 rings (SSSR count). The average Bonchev–Trinajstić information content (AvgIpc) is 3.11. The molecule has 0 spiro atoms. The molecule has 0 radical (unpaired) electrons. The summed E-state index contributed by atoms with van der Waals surface area (Å²) in [6.45, 7) is 3.45. The fourth-order valence-corrected chi connectivity index (χ4v) is 4.65. The number of rotatable bonds is 7. The van der Waals surface area contributed by atoms with Crippen LogP contribution in [-0.2, 0) is 10.0 Å². The summed E-state index contributed by atoms with van der Waals surface area (Å²) >= 11 is 1.43. The number of hydrogen-bond acceptors (Lipinski definition) is 8. The van der Waals surface area contributed by atoms with Crippen molar-refractivity contribution >= 4 is 39.3 Å². The number of aromatic nitrogens is 3. The summed E-state index contributed by atoms with van der Waals surface area (Å²) in [5.74, 6) is 0.101. The number of sulfonamides is 1. The zero-order valence-corrected chi connectivity index (χ0v) is 19.6. The predicted octanol–water partition coefficient (Wildman–Crippen LogP) is 5.15. The van der Waals surface area contributed by atoms with Crippen LogP contribution >= 0.6 is 11.8 Å². The lowest BCUT2D eigenvalue weighted by molar-refractivity contribution is 0.430. The van der Waals surface area contributed by atoms with E-state index in [9.17, 15) is 12.8 Å². The van der Waals surface area contributed by atoms with Gasteiger partial charge < -0.3 is 9.84 Å². The van der Waals surface area contributed by atoms with Gasteiger partial charge in [0.25, 0.3) is 10.0 Å². The highest BCUT2D eigenvalue weighted by Crippen LogP contribution is 2.30. The van der Waals surface area contributed by atoms with E-state index in [-0.39, 0.29) is 16.6 Å². The first-order valence-corrected chi connectivity index (χ1v) is 12.5. The Bertz CT molecular complexity index is 1410. The van der Waals surface area contributed by atoms with Crippen LogP contribution in [-0.4, -0.2) is 29.8 Å². The summed E-state index contributed by atoms with van der Waals surface area (Å²) in [5, 5.41) is 6.81. The third-order valence-corrected chi connectivity index (χ3v) is 7.02. The van der Waals surface area contributed by atoms with E-state index in [4.69, 9.17) is 4.52 Å². The second-order valence-electron chi connectivity index (χ2n) is 7.09. The number of halogens is 1. The number of aryl methyl sites for hydroxylation is 1. The summed E-state index contributed by atoms with van der Waals surface area (Å²) in [7, 11) is -3.84. The van der Waals surface area contributed by atoms with Crippen molar-refractivity contribution in [1.29, 1.82) is 0 Å². The van der Waals surface area contributed by atoms with Crippen molar-refractivity contribution < 1.29 is 17.3 Å². The Labute approximate surface area is 194 Å². The van der Waals surface area contributed by atoms with Gasteiger partial charge in [0.2, 0.25) is 11.8 Å². The minimum atomic E-state index is -3.84. The molecule has 0 bridgehead atoms. The fraction of sp³-hybridized carbons (Fsp3) is 0.136. The maximum Gasteiger partial charge on any atom is 0.264 e. The summed E-state index contributed by atoms with van der Waals surface area (Å²) in [6, 6.07) is 12.4. The SMILES string of the molecule is CSc1cc(F)ccc1-c1ccnc(Nc2ccc(S(=O)(=O)Nc3onc(C)c3C)cc2)n1. The summed E-state index contributed by atoms with van der Waals surface area (Å²) < 4.78 is 46.3. The smallest absolute Gasteiger partial charge is 0.264 e. The first-order valence-electron chi connectivity index (χ1n) is 9.76. The molecule has 11 heteroatoms. The van der Waals surface area contributed by atoms with Gasteiger partial charge >= 0.3 is 0 Å². The molecule has 33 heavy (non-hydrogen) atoms. The van der Waals surface area contributed by atoms with Crippen molar-refractivity contribution in [3.63, 3.8) is 0 Å². The lowest BCUT2D eigenvalue weighted by Crippen LogP contribution is -2.13. The zero-order valence-electron chi connectivity index (χ0n) is 18.0. The van der Waals surface area contributed by atoms with E-state index < -0.39 is 10.0 Å². The van der Waals surface area contributed by atoms with Crippen LogP contribution in [0.25, 0.3) is 11.3 Å². The summed E-state index contributed by atoms with van der Waals surface area (Å²) in [4.78, 5) is 9.55. The van der Waals surface area contributed by atoms with Crippen LogP contribution in [0, 0.1) is 19.7 Å². The molecule has 0 amide bonds. The van der Waals surface area contributed by atoms with Crippen molar-refractivity contribution in [2.75, 3.05) is 16.3 Å². The maximum atomic E-state index is 13.6. The van der Waals surface area contributed by atoms with E-state index in [2.05, 4.69) is 25.2 Å². The standard InChI is InChI=1S/C22H20FN5O3S2/c1-13-14(2)27-31-21(13)28-33(29,30)17-7-5-16(6-8-17)25-22-24-11-10-19(26-22)18-9-4-15(23)12-20(18)32-3/h4-12,28H,1-3H3,(H,24,25,26). The Morgan fingerprint density at radius 1 is 1.06 bits per heavy atom. The Morgan fingerprint density at radius 3 is 2.48 bits per heavy atom. The minimum absolute atomic E-state index is 0.0621. The molecule has 0 aliphatic carbocycles. The van der Waals surface area contributed by atoms with Crippen LogP contribution in [0.1, 0.15) is 11.3 Å². The molecule has 2 N–H and O–H groups in total.